The van der Waals surface area contributed by atoms with Gasteiger partial charge in [0.15, 0.2) is 0 Å². The molecule has 7 heteroatoms. The van der Waals surface area contributed by atoms with Crippen LogP contribution in [0.1, 0.15) is 36.8 Å². The molecule has 0 bridgehead atoms. The monoisotopic (exact) mass is 364 g/mol. The zero-order valence-corrected chi connectivity index (χ0v) is 16.0. The number of fused-ring (bicyclic) bond motifs is 1. The van der Waals surface area contributed by atoms with Crippen LogP contribution in [0.25, 0.3) is 5.52 Å². The lowest BCUT2D eigenvalue weighted by atomic mass is 9.86. The van der Waals surface area contributed by atoms with E-state index in [0.717, 1.165) is 11.1 Å². The molecule has 27 heavy (non-hydrogen) atoms. The van der Waals surface area contributed by atoms with Crippen molar-refractivity contribution in [1.29, 1.82) is 0 Å². The molecule has 1 aliphatic rings. The van der Waals surface area contributed by atoms with Gasteiger partial charge in [0.2, 0.25) is 5.95 Å². The number of carbonyl (C=O) groups excluding carboxylic acids is 1. The normalized spacial score (nSPS) is 15.4. The minimum absolute atomic E-state index is 0.0234. The SMILES string of the molecule is CC(C)(C)c1cc(C(=O)N2CCN(c3ncccn3)CC2)nn2cccc12. The molecule has 7 nitrogen and oxygen atoms in total. The Morgan fingerprint density at radius 1 is 1.04 bits per heavy atom. The third-order valence-electron chi connectivity index (χ3n) is 4.93. The van der Waals surface area contributed by atoms with Gasteiger partial charge in [0.05, 0.1) is 5.52 Å². The highest BCUT2D eigenvalue weighted by atomic mass is 16.2. The number of anilines is 1. The van der Waals surface area contributed by atoms with Gasteiger partial charge >= 0.3 is 0 Å². The summed E-state index contributed by atoms with van der Waals surface area (Å²) < 4.78 is 1.81. The molecule has 140 valence electrons. The fraction of sp³-hybridized carbons (Fsp3) is 0.400. The van der Waals surface area contributed by atoms with Crippen molar-refractivity contribution >= 4 is 17.4 Å². The molecule has 1 fully saturated rings. The molecule has 0 N–H and O–H groups in total. The minimum atomic E-state index is -0.0685. The van der Waals surface area contributed by atoms with Gasteiger partial charge < -0.3 is 9.80 Å². The maximum Gasteiger partial charge on any atom is 0.274 e. The summed E-state index contributed by atoms with van der Waals surface area (Å²) in [5.41, 5.74) is 2.60. The first-order valence-corrected chi connectivity index (χ1v) is 9.23. The highest BCUT2D eigenvalue weighted by molar-refractivity contribution is 5.93. The fourth-order valence-electron chi connectivity index (χ4n) is 3.46. The molecular formula is C20H24N6O. The van der Waals surface area contributed by atoms with E-state index >= 15 is 0 Å². The Labute approximate surface area is 158 Å². The van der Waals surface area contributed by atoms with Crippen molar-refractivity contribution in [2.45, 2.75) is 26.2 Å². The average Bonchev–Trinajstić information content (AvgIpc) is 3.15. The summed E-state index contributed by atoms with van der Waals surface area (Å²) in [5.74, 6) is 0.691. The van der Waals surface area contributed by atoms with Gasteiger partial charge in [-0.25, -0.2) is 14.5 Å². The zero-order chi connectivity index (χ0) is 19.0. The zero-order valence-electron chi connectivity index (χ0n) is 16.0. The average molecular weight is 364 g/mol. The Hall–Kier alpha value is -2.96. The Kier molecular flexibility index (Phi) is 4.30. The van der Waals surface area contributed by atoms with E-state index in [4.69, 9.17) is 0 Å². The van der Waals surface area contributed by atoms with Crippen LogP contribution in [-0.2, 0) is 5.41 Å². The van der Waals surface area contributed by atoms with Crippen LogP contribution in [0.2, 0.25) is 0 Å². The van der Waals surface area contributed by atoms with Crippen molar-refractivity contribution in [2.75, 3.05) is 31.1 Å². The number of nitrogens with zero attached hydrogens (tertiary/aromatic N) is 6. The molecule has 4 rings (SSSR count). The summed E-state index contributed by atoms with van der Waals surface area (Å²) >= 11 is 0. The predicted molar refractivity (Wildman–Crippen MR) is 104 cm³/mol. The van der Waals surface area contributed by atoms with Crippen LogP contribution < -0.4 is 4.90 Å². The lowest BCUT2D eigenvalue weighted by Gasteiger charge is -2.34. The topological polar surface area (TPSA) is 66.6 Å². The van der Waals surface area contributed by atoms with E-state index in [1.807, 2.05) is 33.8 Å². The number of hydrogen-bond donors (Lipinski definition) is 0. The van der Waals surface area contributed by atoms with Crippen LogP contribution in [0.3, 0.4) is 0 Å². The Bertz CT molecular complexity index is 952. The minimum Gasteiger partial charge on any atom is -0.337 e. The fourth-order valence-corrected chi connectivity index (χ4v) is 3.46. The molecule has 0 aliphatic carbocycles. The van der Waals surface area contributed by atoms with Gasteiger partial charge in [0.1, 0.15) is 5.69 Å². The van der Waals surface area contributed by atoms with Crippen LogP contribution in [0, 0.1) is 0 Å². The first-order chi connectivity index (χ1) is 12.9. The molecule has 1 aliphatic heterocycles. The highest BCUT2D eigenvalue weighted by Gasteiger charge is 2.27. The van der Waals surface area contributed by atoms with Crippen LogP contribution in [-0.4, -0.2) is 56.6 Å². The summed E-state index contributed by atoms with van der Waals surface area (Å²) in [6.45, 7) is 9.16. The first-order valence-electron chi connectivity index (χ1n) is 9.23. The van der Waals surface area contributed by atoms with Crippen molar-refractivity contribution < 1.29 is 4.79 Å². The molecule has 0 aromatic carbocycles. The van der Waals surface area contributed by atoms with Gasteiger partial charge in [-0.2, -0.15) is 5.10 Å². The maximum absolute atomic E-state index is 13.1. The van der Waals surface area contributed by atoms with Crippen LogP contribution in [0.15, 0.2) is 42.9 Å². The number of aromatic nitrogens is 4. The Morgan fingerprint density at radius 3 is 2.41 bits per heavy atom. The Balaban J connectivity index is 1.55. The molecule has 0 unspecified atom stereocenters. The van der Waals surface area contributed by atoms with Crippen LogP contribution in [0.5, 0.6) is 0 Å². The first kappa shape index (κ1) is 17.5. The standard InChI is InChI=1S/C20H24N6O/c1-20(2,3)15-14-16(23-26-9-4-6-17(15)26)18(27)24-10-12-25(13-11-24)19-21-7-5-8-22-19/h4-9,14H,10-13H2,1-3H3. The molecule has 4 heterocycles. The van der Waals surface area contributed by atoms with Crippen molar-refractivity contribution in [3.05, 3.63) is 54.1 Å². The van der Waals surface area contributed by atoms with E-state index in [2.05, 4.69) is 40.7 Å². The second-order valence-corrected chi connectivity index (χ2v) is 7.86. The lowest BCUT2D eigenvalue weighted by molar-refractivity contribution is 0.0738. The molecule has 3 aromatic heterocycles. The predicted octanol–water partition coefficient (Wildman–Crippen LogP) is 2.38. The molecule has 0 radical (unpaired) electrons. The molecule has 1 saturated heterocycles. The largest absolute Gasteiger partial charge is 0.337 e. The van der Waals surface area contributed by atoms with E-state index in [1.165, 1.54) is 0 Å². The smallest absolute Gasteiger partial charge is 0.274 e. The quantitative estimate of drug-likeness (QED) is 0.698. The van der Waals surface area contributed by atoms with Crippen LogP contribution in [0.4, 0.5) is 5.95 Å². The van der Waals surface area contributed by atoms with Gasteiger partial charge in [-0.15, -0.1) is 0 Å². The second kappa shape index (κ2) is 6.64. The van der Waals surface area contributed by atoms with Crippen LogP contribution >= 0.6 is 0 Å². The van der Waals surface area contributed by atoms with E-state index in [0.29, 0.717) is 37.8 Å². The van der Waals surface area contributed by atoms with Gasteiger partial charge in [0.25, 0.3) is 5.91 Å². The summed E-state index contributed by atoms with van der Waals surface area (Å²) in [6, 6.07) is 7.76. The number of rotatable bonds is 2. The molecule has 0 saturated carbocycles. The number of hydrogen-bond acceptors (Lipinski definition) is 5. The van der Waals surface area contributed by atoms with Crippen molar-refractivity contribution in [3.63, 3.8) is 0 Å². The van der Waals surface area contributed by atoms with Crippen molar-refractivity contribution in [2.24, 2.45) is 0 Å². The lowest BCUT2D eigenvalue weighted by Crippen LogP contribution is -2.49. The van der Waals surface area contributed by atoms with Crippen molar-refractivity contribution in [1.82, 2.24) is 24.5 Å². The van der Waals surface area contributed by atoms with Gasteiger partial charge in [-0.1, -0.05) is 20.8 Å². The summed E-state index contributed by atoms with van der Waals surface area (Å²) in [4.78, 5) is 25.6. The number of carbonyl (C=O) groups is 1. The summed E-state index contributed by atoms with van der Waals surface area (Å²) in [6.07, 6.45) is 5.38. The molecule has 1 amide bonds. The summed E-state index contributed by atoms with van der Waals surface area (Å²) in [5, 5.41) is 4.55. The number of piperazine rings is 1. The van der Waals surface area contributed by atoms with E-state index in [1.54, 1.807) is 18.5 Å². The van der Waals surface area contributed by atoms with E-state index in [-0.39, 0.29) is 11.3 Å². The van der Waals surface area contributed by atoms with Crippen molar-refractivity contribution in [3.8, 4) is 0 Å². The second-order valence-electron chi connectivity index (χ2n) is 7.86. The molecule has 3 aromatic rings. The van der Waals surface area contributed by atoms with Gasteiger partial charge in [-0.05, 0) is 35.2 Å². The van der Waals surface area contributed by atoms with Gasteiger partial charge in [0, 0.05) is 44.8 Å². The highest BCUT2D eigenvalue weighted by Crippen LogP contribution is 2.27. The van der Waals surface area contributed by atoms with E-state index in [9.17, 15) is 4.79 Å². The van der Waals surface area contributed by atoms with Gasteiger partial charge in [-0.3, -0.25) is 4.79 Å². The van der Waals surface area contributed by atoms with E-state index < -0.39 is 0 Å². The molecular weight excluding hydrogens is 340 g/mol. The molecule has 0 atom stereocenters. The third-order valence-corrected chi connectivity index (χ3v) is 4.93. The molecule has 0 spiro atoms. The number of amides is 1. The summed E-state index contributed by atoms with van der Waals surface area (Å²) in [7, 11) is 0. The third kappa shape index (κ3) is 3.37. The maximum atomic E-state index is 13.1. The Morgan fingerprint density at radius 2 is 1.74 bits per heavy atom.